The highest BCUT2D eigenvalue weighted by Gasteiger charge is 2.18. The van der Waals surface area contributed by atoms with Crippen molar-refractivity contribution < 1.29 is 4.79 Å². The quantitative estimate of drug-likeness (QED) is 0.877. The zero-order valence-electron chi connectivity index (χ0n) is 11.2. The molecule has 100 valence electrons. The Hall–Kier alpha value is -2.30. The van der Waals surface area contributed by atoms with Crippen molar-refractivity contribution in [3.05, 3.63) is 47.3 Å². The summed E-state index contributed by atoms with van der Waals surface area (Å²) in [4.78, 5) is 12.2. The molecule has 1 amide bonds. The fraction of sp³-hybridized carbons (Fsp3) is 0.286. The fourth-order valence-electron chi connectivity index (χ4n) is 1.93. The van der Waals surface area contributed by atoms with Crippen LogP contribution in [0.4, 0.5) is 5.69 Å². The van der Waals surface area contributed by atoms with Crippen LogP contribution in [0.5, 0.6) is 0 Å². The second kappa shape index (κ2) is 5.56. The van der Waals surface area contributed by atoms with Gasteiger partial charge in [-0.1, -0.05) is 30.3 Å². The standard InChI is InChI=1S/C14H18N4O/c1-3-18-13(12(15)10(2)17-18)14(19)16-9-11-7-5-4-6-8-11/h4-8H,3,9,15H2,1-2H3,(H,16,19). The lowest BCUT2D eigenvalue weighted by Crippen LogP contribution is -2.26. The minimum Gasteiger partial charge on any atom is -0.395 e. The Balaban J connectivity index is 2.12. The van der Waals surface area contributed by atoms with Gasteiger partial charge in [0, 0.05) is 13.1 Å². The van der Waals surface area contributed by atoms with Gasteiger partial charge in [0.15, 0.2) is 0 Å². The molecule has 0 unspecified atom stereocenters. The van der Waals surface area contributed by atoms with Gasteiger partial charge in [-0.05, 0) is 19.4 Å². The topological polar surface area (TPSA) is 72.9 Å². The lowest BCUT2D eigenvalue weighted by Gasteiger charge is -2.07. The van der Waals surface area contributed by atoms with Crippen molar-refractivity contribution in [3.8, 4) is 0 Å². The van der Waals surface area contributed by atoms with E-state index in [0.717, 1.165) is 5.56 Å². The number of nitrogens with zero attached hydrogens (tertiary/aromatic N) is 2. The maximum absolute atomic E-state index is 12.2. The Labute approximate surface area is 112 Å². The smallest absolute Gasteiger partial charge is 0.271 e. The van der Waals surface area contributed by atoms with Gasteiger partial charge in [0.1, 0.15) is 5.69 Å². The number of rotatable bonds is 4. The third-order valence-corrected chi connectivity index (χ3v) is 2.98. The molecule has 5 nitrogen and oxygen atoms in total. The highest BCUT2D eigenvalue weighted by molar-refractivity contribution is 5.97. The number of aryl methyl sites for hydroxylation is 2. The number of nitrogens with two attached hydrogens (primary N) is 1. The minimum atomic E-state index is -0.191. The number of hydrogen-bond donors (Lipinski definition) is 2. The maximum atomic E-state index is 12.2. The average molecular weight is 258 g/mol. The van der Waals surface area contributed by atoms with Gasteiger partial charge in [0.25, 0.3) is 5.91 Å². The Morgan fingerprint density at radius 2 is 2.05 bits per heavy atom. The van der Waals surface area contributed by atoms with Gasteiger partial charge < -0.3 is 11.1 Å². The molecule has 0 fully saturated rings. The molecular formula is C14H18N4O. The van der Waals surface area contributed by atoms with Gasteiger partial charge in [-0.25, -0.2) is 0 Å². The average Bonchev–Trinajstić information content (AvgIpc) is 2.73. The SMILES string of the molecule is CCn1nc(C)c(N)c1C(=O)NCc1ccccc1. The molecule has 0 saturated heterocycles. The van der Waals surface area contributed by atoms with Crippen LogP contribution in [0, 0.1) is 6.92 Å². The van der Waals surface area contributed by atoms with E-state index in [1.165, 1.54) is 0 Å². The molecule has 0 aliphatic carbocycles. The van der Waals surface area contributed by atoms with Crippen LogP contribution >= 0.6 is 0 Å². The molecule has 2 aromatic rings. The molecule has 3 N–H and O–H groups in total. The Morgan fingerprint density at radius 1 is 1.37 bits per heavy atom. The third-order valence-electron chi connectivity index (χ3n) is 2.98. The number of carbonyl (C=O) groups excluding carboxylic acids is 1. The van der Waals surface area contributed by atoms with Crippen molar-refractivity contribution in [2.45, 2.75) is 26.9 Å². The number of amides is 1. The maximum Gasteiger partial charge on any atom is 0.271 e. The Kier molecular flexibility index (Phi) is 3.85. The van der Waals surface area contributed by atoms with E-state index < -0.39 is 0 Å². The van der Waals surface area contributed by atoms with Crippen LogP contribution in [0.2, 0.25) is 0 Å². The number of nitrogens with one attached hydrogen (secondary N) is 1. The van der Waals surface area contributed by atoms with Crippen LogP contribution in [0.15, 0.2) is 30.3 Å². The first-order chi connectivity index (χ1) is 9.13. The molecule has 1 aromatic carbocycles. The summed E-state index contributed by atoms with van der Waals surface area (Å²) in [5, 5.41) is 7.10. The lowest BCUT2D eigenvalue weighted by molar-refractivity contribution is 0.0941. The second-order valence-electron chi connectivity index (χ2n) is 4.33. The molecule has 0 bridgehead atoms. The van der Waals surface area contributed by atoms with E-state index in [1.807, 2.05) is 37.3 Å². The third kappa shape index (κ3) is 2.76. The van der Waals surface area contributed by atoms with E-state index in [9.17, 15) is 4.79 Å². The second-order valence-corrected chi connectivity index (χ2v) is 4.33. The minimum absolute atomic E-state index is 0.191. The first-order valence-electron chi connectivity index (χ1n) is 6.28. The van der Waals surface area contributed by atoms with Crippen molar-refractivity contribution in [2.24, 2.45) is 0 Å². The Bertz CT molecular complexity index is 575. The molecule has 0 spiro atoms. The number of aromatic nitrogens is 2. The van der Waals surface area contributed by atoms with Crippen LogP contribution in [-0.2, 0) is 13.1 Å². The van der Waals surface area contributed by atoms with Crippen LogP contribution in [0.3, 0.4) is 0 Å². The first kappa shape index (κ1) is 13.1. The normalized spacial score (nSPS) is 10.4. The molecule has 5 heteroatoms. The zero-order chi connectivity index (χ0) is 13.8. The van der Waals surface area contributed by atoms with Gasteiger partial charge in [0.05, 0.1) is 11.4 Å². The van der Waals surface area contributed by atoms with Crippen molar-refractivity contribution in [1.82, 2.24) is 15.1 Å². The van der Waals surface area contributed by atoms with E-state index >= 15 is 0 Å². The molecule has 1 heterocycles. The van der Waals surface area contributed by atoms with Crippen molar-refractivity contribution in [3.63, 3.8) is 0 Å². The van der Waals surface area contributed by atoms with Crippen LogP contribution in [0.1, 0.15) is 28.7 Å². The molecular weight excluding hydrogens is 240 g/mol. The summed E-state index contributed by atoms with van der Waals surface area (Å²) < 4.78 is 1.63. The van der Waals surface area contributed by atoms with E-state index in [4.69, 9.17) is 5.73 Å². The first-order valence-corrected chi connectivity index (χ1v) is 6.28. The Morgan fingerprint density at radius 3 is 2.68 bits per heavy atom. The van der Waals surface area contributed by atoms with Crippen LogP contribution in [-0.4, -0.2) is 15.7 Å². The molecule has 0 aliphatic heterocycles. The summed E-state index contributed by atoms with van der Waals surface area (Å²) >= 11 is 0. The lowest BCUT2D eigenvalue weighted by atomic mass is 10.2. The molecule has 0 saturated carbocycles. The van der Waals surface area contributed by atoms with E-state index in [2.05, 4.69) is 10.4 Å². The predicted molar refractivity (Wildman–Crippen MR) is 74.7 cm³/mol. The van der Waals surface area contributed by atoms with Crippen molar-refractivity contribution >= 4 is 11.6 Å². The van der Waals surface area contributed by atoms with E-state index in [-0.39, 0.29) is 5.91 Å². The largest absolute Gasteiger partial charge is 0.395 e. The molecule has 19 heavy (non-hydrogen) atoms. The predicted octanol–water partition coefficient (Wildman–Crippen LogP) is 1.72. The molecule has 1 aromatic heterocycles. The monoisotopic (exact) mass is 258 g/mol. The van der Waals surface area contributed by atoms with E-state index in [1.54, 1.807) is 11.6 Å². The summed E-state index contributed by atoms with van der Waals surface area (Å²) in [5.74, 6) is -0.191. The fourth-order valence-corrected chi connectivity index (χ4v) is 1.93. The van der Waals surface area contributed by atoms with Crippen LogP contribution < -0.4 is 11.1 Å². The van der Waals surface area contributed by atoms with Crippen molar-refractivity contribution in [1.29, 1.82) is 0 Å². The highest BCUT2D eigenvalue weighted by atomic mass is 16.2. The number of nitrogen functional groups attached to an aromatic ring is 1. The number of anilines is 1. The molecule has 0 atom stereocenters. The van der Waals surface area contributed by atoms with Crippen LogP contribution in [0.25, 0.3) is 0 Å². The number of carbonyl (C=O) groups is 1. The van der Waals surface area contributed by atoms with E-state index in [0.29, 0.717) is 30.2 Å². The van der Waals surface area contributed by atoms with Crippen molar-refractivity contribution in [2.75, 3.05) is 5.73 Å². The molecule has 0 radical (unpaired) electrons. The number of hydrogen-bond acceptors (Lipinski definition) is 3. The summed E-state index contributed by atoms with van der Waals surface area (Å²) in [7, 11) is 0. The molecule has 2 rings (SSSR count). The summed E-state index contributed by atoms with van der Waals surface area (Å²) in [6, 6.07) is 9.75. The summed E-state index contributed by atoms with van der Waals surface area (Å²) in [6.07, 6.45) is 0. The van der Waals surface area contributed by atoms with Gasteiger partial charge in [0.2, 0.25) is 0 Å². The summed E-state index contributed by atoms with van der Waals surface area (Å²) in [5.41, 5.74) is 8.53. The highest BCUT2D eigenvalue weighted by Crippen LogP contribution is 2.16. The summed E-state index contributed by atoms with van der Waals surface area (Å²) in [6.45, 7) is 4.83. The van der Waals surface area contributed by atoms with Gasteiger partial charge in [-0.2, -0.15) is 5.10 Å². The van der Waals surface area contributed by atoms with Gasteiger partial charge >= 0.3 is 0 Å². The van der Waals surface area contributed by atoms with Gasteiger partial charge in [-0.15, -0.1) is 0 Å². The van der Waals surface area contributed by atoms with Gasteiger partial charge in [-0.3, -0.25) is 9.48 Å². The molecule has 0 aliphatic rings. The number of benzene rings is 1. The zero-order valence-corrected chi connectivity index (χ0v) is 11.2.